The first-order valence-corrected chi connectivity index (χ1v) is 10.7. The first kappa shape index (κ1) is 17.6. The van der Waals surface area contributed by atoms with Crippen molar-refractivity contribution in [1.29, 1.82) is 0 Å². The zero-order valence-electron chi connectivity index (χ0n) is 15.0. The van der Waals surface area contributed by atoms with Gasteiger partial charge in [0, 0.05) is 24.1 Å². The van der Waals surface area contributed by atoms with E-state index in [1.807, 2.05) is 12.1 Å². The largest absolute Gasteiger partial charge is 0.467 e. The van der Waals surface area contributed by atoms with Crippen molar-refractivity contribution in [3.63, 3.8) is 0 Å². The maximum atomic E-state index is 12.2. The van der Waals surface area contributed by atoms with Crippen molar-refractivity contribution in [3.05, 3.63) is 30.0 Å². The van der Waals surface area contributed by atoms with Crippen LogP contribution < -0.4 is 5.32 Å². The van der Waals surface area contributed by atoms with Gasteiger partial charge >= 0.3 is 0 Å². The number of nitrogens with zero attached hydrogens (tertiary/aromatic N) is 3. The molecule has 140 valence electrons. The van der Waals surface area contributed by atoms with Crippen LogP contribution in [0.25, 0.3) is 0 Å². The van der Waals surface area contributed by atoms with E-state index >= 15 is 0 Å². The van der Waals surface area contributed by atoms with Crippen molar-refractivity contribution >= 4 is 17.7 Å². The summed E-state index contributed by atoms with van der Waals surface area (Å²) < 4.78 is 7.65. The number of carbonyl (C=O) groups excluding carboxylic acids is 1. The Bertz CT molecular complexity index is 718. The zero-order chi connectivity index (χ0) is 17.8. The first-order chi connectivity index (χ1) is 12.8. The molecule has 26 heavy (non-hydrogen) atoms. The van der Waals surface area contributed by atoms with E-state index in [-0.39, 0.29) is 5.91 Å². The van der Waals surface area contributed by atoms with Gasteiger partial charge in [0.05, 0.1) is 12.8 Å². The molecule has 2 aromatic heterocycles. The van der Waals surface area contributed by atoms with Gasteiger partial charge < -0.3 is 9.73 Å². The van der Waals surface area contributed by atoms with E-state index in [2.05, 4.69) is 20.1 Å². The van der Waals surface area contributed by atoms with Crippen LogP contribution in [0.15, 0.2) is 28.0 Å². The molecule has 2 heterocycles. The van der Waals surface area contributed by atoms with Gasteiger partial charge in [-0.25, -0.2) is 0 Å². The van der Waals surface area contributed by atoms with Gasteiger partial charge in [0.1, 0.15) is 11.6 Å². The van der Waals surface area contributed by atoms with Crippen molar-refractivity contribution in [2.45, 2.75) is 75.0 Å². The molecule has 4 rings (SSSR count). The summed E-state index contributed by atoms with van der Waals surface area (Å²) in [6, 6.07) is 4.26. The van der Waals surface area contributed by atoms with Crippen LogP contribution in [-0.4, -0.2) is 32.5 Å². The van der Waals surface area contributed by atoms with Gasteiger partial charge in [0.25, 0.3) is 0 Å². The molecule has 1 N–H and O–H groups in total. The lowest BCUT2D eigenvalue weighted by molar-refractivity contribution is -0.121. The molecular formula is C19H26N4O2S. The molecule has 2 aliphatic rings. The molecule has 2 fully saturated rings. The molecule has 0 unspecified atom stereocenters. The van der Waals surface area contributed by atoms with Gasteiger partial charge in [0.15, 0.2) is 5.16 Å². The minimum Gasteiger partial charge on any atom is -0.467 e. The van der Waals surface area contributed by atoms with Gasteiger partial charge in [-0.2, -0.15) is 0 Å². The molecule has 0 atom stereocenters. The number of amides is 1. The number of thioether (sulfide) groups is 1. The number of carbonyl (C=O) groups is 1. The average Bonchev–Trinajstić information content (AvgIpc) is 3.21. The number of rotatable bonds is 8. The van der Waals surface area contributed by atoms with E-state index in [0.29, 0.717) is 24.9 Å². The fourth-order valence-electron chi connectivity index (χ4n) is 3.54. The van der Waals surface area contributed by atoms with Crippen LogP contribution in [0.4, 0.5) is 0 Å². The fourth-order valence-corrected chi connectivity index (χ4v) is 4.42. The second-order valence-electron chi connectivity index (χ2n) is 7.28. The third kappa shape index (κ3) is 4.50. The maximum Gasteiger partial charge on any atom is 0.221 e. The van der Waals surface area contributed by atoms with Crippen molar-refractivity contribution in [1.82, 2.24) is 20.1 Å². The highest BCUT2D eigenvalue weighted by atomic mass is 32.2. The molecule has 2 saturated carbocycles. The lowest BCUT2D eigenvalue weighted by Gasteiger charge is -2.22. The quantitative estimate of drug-likeness (QED) is 0.713. The molecule has 0 aromatic carbocycles. The number of furan rings is 1. The summed E-state index contributed by atoms with van der Waals surface area (Å²) in [5, 5.41) is 12.8. The Morgan fingerprint density at radius 1 is 1.23 bits per heavy atom. The molecule has 7 heteroatoms. The number of hydrogen-bond acceptors (Lipinski definition) is 5. The standard InChI is InChI=1S/C19H26N4O2S/c24-17(20-15-5-2-1-3-6-15)10-12-26-19-22-21-18(14-8-9-14)23(19)13-16-7-4-11-25-16/h4,7,11,14-15H,1-3,5-6,8-10,12-13H2,(H,20,24). The summed E-state index contributed by atoms with van der Waals surface area (Å²) >= 11 is 1.61. The highest BCUT2D eigenvalue weighted by Crippen LogP contribution is 2.40. The summed E-state index contributed by atoms with van der Waals surface area (Å²) in [4.78, 5) is 12.2. The molecule has 0 saturated heterocycles. The summed E-state index contributed by atoms with van der Waals surface area (Å²) in [7, 11) is 0. The van der Waals surface area contributed by atoms with E-state index in [0.717, 1.165) is 35.3 Å². The predicted octanol–water partition coefficient (Wildman–Crippen LogP) is 3.73. The van der Waals surface area contributed by atoms with Gasteiger partial charge in [-0.3, -0.25) is 9.36 Å². The van der Waals surface area contributed by atoms with Crippen molar-refractivity contribution < 1.29 is 9.21 Å². The fraction of sp³-hybridized carbons (Fsp3) is 0.632. The van der Waals surface area contributed by atoms with Crippen molar-refractivity contribution in [2.75, 3.05) is 5.75 Å². The Balaban J connectivity index is 1.32. The second kappa shape index (κ2) is 8.29. The van der Waals surface area contributed by atoms with Crippen LogP contribution in [0.3, 0.4) is 0 Å². The minimum absolute atomic E-state index is 0.156. The van der Waals surface area contributed by atoms with E-state index in [9.17, 15) is 4.79 Å². The van der Waals surface area contributed by atoms with Gasteiger partial charge in [0.2, 0.25) is 5.91 Å². The van der Waals surface area contributed by atoms with E-state index in [1.165, 1.54) is 32.1 Å². The maximum absolute atomic E-state index is 12.2. The third-order valence-corrected chi connectivity index (χ3v) is 6.08. The number of hydrogen-bond donors (Lipinski definition) is 1. The Labute approximate surface area is 158 Å². The Morgan fingerprint density at radius 2 is 2.08 bits per heavy atom. The molecule has 1 amide bonds. The number of nitrogens with one attached hydrogen (secondary N) is 1. The highest BCUT2D eigenvalue weighted by Gasteiger charge is 2.30. The van der Waals surface area contributed by atoms with Crippen LogP contribution in [0, 0.1) is 0 Å². The van der Waals surface area contributed by atoms with Crippen LogP contribution in [0.2, 0.25) is 0 Å². The normalized spacial score (nSPS) is 18.2. The molecule has 2 aliphatic carbocycles. The number of aromatic nitrogens is 3. The van der Waals surface area contributed by atoms with E-state index < -0.39 is 0 Å². The summed E-state index contributed by atoms with van der Waals surface area (Å²) in [5.41, 5.74) is 0. The summed E-state index contributed by atoms with van der Waals surface area (Å²) in [6.45, 7) is 0.655. The van der Waals surface area contributed by atoms with Gasteiger partial charge in [-0.1, -0.05) is 31.0 Å². The van der Waals surface area contributed by atoms with Gasteiger partial charge in [-0.05, 0) is 37.8 Å². The molecule has 0 radical (unpaired) electrons. The van der Waals surface area contributed by atoms with Crippen LogP contribution >= 0.6 is 11.8 Å². The van der Waals surface area contributed by atoms with E-state index in [4.69, 9.17) is 4.42 Å². The summed E-state index contributed by atoms with van der Waals surface area (Å²) in [5.74, 6) is 3.36. The highest BCUT2D eigenvalue weighted by molar-refractivity contribution is 7.99. The minimum atomic E-state index is 0.156. The Hall–Kier alpha value is -1.76. The molecule has 6 nitrogen and oxygen atoms in total. The third-order valence-electron chi connectivity index (χ3n) is 5.11. The second-order valence-corrected chi connectivity index (χ2v) is 8.34. The van der Waals surface area contributed by atoms with Gasteiger partial charge in [-0.15, -0.1) is 10.2 Å². The Morgan fingerprint density at radius 3 is 2.81 bits per heavy atom. The SMILES string of the molecule is O=C(CCSc1nnc(C2CC2)n1Cc1ccco1)NC1CCCCC1. The molecular weight excluding hydrogens is 348 g/mol. The lowest BCUT2D eigenvalue weighted by Crippen LogP contribution is -2.36. The van der Waals surface area contributed by atoms with Crippen LogP contribution in [0.5, 0.6) is 0 Å². The molecule has 2 aromatic rings. The van der Waals surface area contributed by atoms with Crippen molar-refractivity contribution in [3.8, 4) is 0 Å². The monoisotopic (exact) mass is 374 g/mol. The molecule has 0 bridgehead atoms. The summed E-state index contributed by atoms with van der Waals surface area (Å²) in [6.07, 6.45) is 10.6. The van der Waals surface area contributed by atoms with Crippen molar-refractivity contribution in [2.24, 2.45) is 0 Å². The predicted molar refractivity (Wildman–Crippen MR) is 100 cm³/mol. The smallest absolute Gasteiger partial charge is 0.221 e. The van der Waals surface area contributed by atoms with Crippen LogP contribution in [0.1, 0.15) is 68.9 Å². The average molecular weight is 375 g/mol. The first-order valence-electron chi connectivity index (χ1n) is 9.67. The molecule has 0 spiro atoms. The molecule has 0 aliphatic heterocycles. The van der Waals surface area contributed by atoms with E-state index in [1.54, 1.807) is 18.0 Å². The van der Waals surface area contributed by atoms with Crippen LogP contribution in [-0.2, 0) is 11.3 Å². The topological polar surface area (TPSA) is 73.0 Å². The Kier molecular flexibility index (Phi) is 5.62. The lowest BCUT2D eigenvalue weighted by atomic mass is 9.95. The zero-order valence-corrected chi connectivity index (χ0v) is 15.8.